The highest BCUT2D eigenvalue weighted by molar-refractivity contribution is 5.81. The minimum atomic E-state index is -1.11. The fourth-order valence-corrected chi connectivity index (χ4v) is 5.48. The number of methoxy groups -OCH3 is 1. The standard InChI is InChI=1S/C30H32N2O5/c1-36-28-13-12-20(16-21(28)18-32-14-6-7-15-32)17-27(29(33)34)31-30(35)37-19-26-24-10-4-2-8-22(24)23-9-3-5-11-25(23)26/h2-5,8-13,16,26-27H,6-7,14-15,17-19H2,1H3,(H,31,35)(H,33,34). The Morgan fingerprint density at radius 2 is 1.65 bits per heavy atom. The molecular formula is C30H32N2O5. The summed E-state index contributed by atoms with van der Waals surface area (Å²) in [5.74, 6) is -0.409. The van der Waals surface area contributed by atoms with E-state index in [1.165, 1.54) is 12.8 Å². The first-order chi connectivity index (χ1) is 18.0. The molecule has 0 spiro atoms. The molecule has 1 saturated heterocycles. The normalized spacial score (nSPS) is 15.6. The molecule has 1 fully saturated rings. The van der Waals surface area contributed by atoms with Crippen molar-refractivity contribution in [2.45, 2.75) is 37.8 Å². The zero-order valence-electron chi connectivity index (χ0n) is 21.0. The molecule has 3 aromatic rings. The highest BCUT2D eigenvalue weighted by Gasteiger charge is 2.30. The largest absolute Gasteiger partial charge is 0.496 e. The maximum atomic E-state index is 12.7. The summed E-state index contributed by atoms with van der Waals surface area (Å²) in [4.78, 5) is 27.1. The van der Waals surface area contributed by atoms with Crippen LogP contribution in [0.4, 0.5) is 4.79 Å². The number of carboxylic acids is 1. The average molecular weight is 501 g/mol. The number of amides is 1. The molecule has 1 amide bonds. The number of hydrogen-bond acceptors (Lipinski definition) is 5. The van der Waals surface area contributed by atoms with E-state index in [0.29, 0.717) is 0 Å². The van der Waals surface area contributed by atoms with Crippen LogP contribution in [0.25, 0.3) is 11.1 Å². The topological polar surface area (TPSA) is 88.1 Å². The second-order valence-corrected chi connectivity index (χ2v) is 9.69. The van der Waals surface area contributed by atoms with Gasteiger partial charge in [-0.15, -0.1) is 0 Å². The molecule has 37 heavy (non-hydrogen) atoms. The number of hydrogen-bond donors (Lipinski definition) is 2. The van der Waals surface area contributed by atoms with E-state index in [0.717, 1.165) is 58.8 Å². The Bertz CT molecular complexity index is 1240. The van der Waals surface area contributed by atoms with Gasteiger partial charge in [0.25, 0.3) is 0 Å². The summed E-state index contributed by atoms with van der Waals surface area (Å²) >= 11 is 0. The Morgan fingerprint density at radius 3 is 2.27 bits per heavy atom. The number of aliphatic carboxylic acids is 1. The monoisotopic (exact) mass is 500 g/mol. The maximum absolute atomic E-state index is 12.7. The second-order valence-electron chi connectivity index (χ2n) is 9.69. The Hall–Kier alpha value is -3.84. The molecule has 1 aliphatic carbocycles. The molecule has 0 aromatic heterocycles. The minimum absolute atomic E-state index is 0.0869. The number of benzene rings is 3. The van der Waals surface area contributed by atoms with E-state index < -0.39 is 18.1 Å². The lowest BCUT2D eigenvalue weighted by molar-refractivity contribution is -0.139. The number of carbonyl (C=O) groups excluding carboxylic acids is 1. The molecule has 2 N–H and O–H groups in total. The van der Waals surface area contributed by atoms with Gasteiger partial charge in [0.2, 0.25) is 0 Å². The number of nitrogens with one attached hydrogen (secondary N) is 1. The van der Waals surface area contributed by atoms with E-state index in [9.17, 15) is 14.7 Å². The van der Waals surface area contributed by atoms with E-state index >= 15 is 0 Å². The van der Waals surface area contributed by atoms with Gasteiger partial charge >= 0.3 is 12.1 Å². The van der Waals surface area contributed by atoms with Crippen molar-refractivity contribution in [1.29, 1.82) is 0 Å². The molecule has 2 aliphatic rings. The van der Waals surface area contributed by atoms with Crippen LogP contribution in [0.15, 0.2) is 66.7 Å². The molecule has 0 radical (unpaired) electrons. The molecular weight excluding hydrogens is 468 g/mol. The van der Waals surface area contributed by atoms with Crippen LogP contribution < -0.4 is 10.1 Å². The highest BCUT2D eigenvalue weighted by Crippen LogP contribution is 2.44. The fourth-order valence-electron chi connectivity index (χ4n) is 5.48. The first-order valence-electron chi connectivity index (χ1n) is 12.8. The lowest BCUT2D eigenvalue weighted by atomic mass is 9.98. The SMILES string of the molecule is COc1ccc(CC(NC(=O)OCC2c3ccccc3-c3ccccc32)C(=O)O)cc1CN1CCCC1. The van der Waals surface area contributed by atoms with E-state index in [2.05, 4.69) is 22.3 Å². The molecule has 1 unspecified atom stereocenters. The van der Waals surface area contributed by atoms with E-state index in [1.54, 1.807) is 7.11 Å². The maximum Gasteiger partial charge on any atom is 0.407 e. The molecule has 5 rings (SSSR count). The summed E-state index contributed by atoms with van der Waals surface area (Å²) in [5.41, 5.74) is 6.33. The van der Waals surface area contributed by atoms with Crippen LogP contribution in [0.2, 0.25) is 0 Å². The Labute approximate surface area is 217 Å². The van der Waals surface area contributed by atoms with Crippen molar-refractivity contribution in [3.63, 3.8) is 0 Å². The van der Waals surface area contributed by atoms with Gasteiger partial charge in [-0.1, -0.05) is 60.7 Å². The summed E-state index contributed by atoms with van der Waals surface area (Å²) < 4.78 is 11.1. The van der Waals surface area contributed by atoms with Crippen LogP contribution in [0, 0.1) is 0 Å². The molecule has 3 aromatic carbocycles. The third-order valence-corrected chi connectivity index (χ3v) is 7.31. The van der Waals surface area contributed by atoms with Crippen molar-refractivity contribution in [1.82, 2.24) is 10.2 Å². The van der Waals surface area contributed by atoms with Gasteiger partial charge in [-0.25, -0.2) is 9.59 Å². The average Bonchev–Trinajstić information content (AvgIpc) is 3.53. The van der Waals surface area contributed by atoms with Gasteiger partial charge in [-0.05, 0) is 59.8 Å². The van der Waals surface area contributed by atoms with Crippen LogP contribution in [0.3, 0.4) is 0 Å². The summed E-state index contributed by atoms with van der Waals surface area (Å²) in [6.07, 6.45) is 1.79. The number of rotatable bonds is 9. The molecule has 7 heteroatoms. The Balaban J connectivity index is 1.24. The fraction of sp³-hybridized carbons (Fsp3) is 0.333. The van der Waals surface area contributed by atoms with Crippen LogP contribution >= 0.6 is 0 Å². The third-order valence-electron chi connectivity index (χ3n) is 7.31. The van der Waals surface area contributed by atoms with Gasteiger partial charge in [-0.2, -0.15) is 0 Å². The van der Waals surface area contributed by atoms with Gasteiger partial charge < -0.3 is 19.9 Å². The number of ether oxygens (including phenoxy) is 2. The first kappa shape index (κ1) is 24.8. The van der Waals surface area contributed by atoms with Crippen LogP contribution in [0.1, 0.15) is 41.0 Å². The van der Waals surface area contributed by atoms with Crippen molar-refractivity contribution >= 4 is 12.1 Å². The van der Waals surface area contributed by atoms with Gasteiger partial charge in [0.05, 0.1) is 7.11 Å². The van der Waals surface area contributed by atoms with Crippen molar-refractivity contribution in [2.24, 2.45) is 0 Å². The van der Waals surface area contributed by atoms with E-state index in [-0.39, 0.29) is 18.9 Å². The number of nitrogens with zero attached hydrogens (tertiary/aromatic N) is 1. The summed E-state index contributed by atoms with van der Waals surface area (Å²) in [7, 11) is 1.64. The van der Waals surface area contributed by atoms with Gasteiger partial charge in [0.1, 0.15) is 18.4 Å². The lowest BCUT2D eigenvalue weighted by Gasteiger charge is -2.20. The minimum Gasteiger partial charge on any atom is -0.496 e. The highest BCUT2D eigenvalue weighted by atomic mass is 16.5. The zero-order valence-corrected chi connectivity index (χ0v) is 21.0. The number of fused-ring (bicyclic) bond motifs is 3. The first-order valence-corrected chi connectivity index (χ1v) is 12.8. The van der Waals surface area contributed by atoms with Crippen LogP contribution in [-0.4, -0.2) is 54.9 Å². The van der Waals surface area contributed by atoms with Crippen LogP contribution in [-0.2, 0) is 22.5 Å². The van der Waals surface area contributed by atoms with E-state index in [1.807, 2.05) is 54.6 Å². The van der Waals surface area contributed by atoms with Crippen molar-refractivity contribution < 1.29 is 24.2 Å². The second kappa shape index (κ2) is 11.0. The molecule has 1 heterocycles. The summed E-state index contributed by atoms with van der Waals surface area (Å²) in [6.45, 7) is 2.99. The summed E-state index contributed by atoms with van der Waals surface area (Å²) in [6, 6.07) is 20.8. The van der Waals surface area contributed by atoms with Crippen molar-refractivity contribution in [3.05, 3.63) is 89.0 Å². The van der Waals surface area contributed by atoms with Gasteiger partial charge in [0, 0.05) is 24.4 Å². The third kappa shape index (κ3) is 5.47. The summed E-state index contributed by atoms with van der Waals surface area (Å²) in [5, 5.41) is 12.4. The molecule has 0 bridgehead atoms. The molecule has 192 valence electrons. The van der Waals surface area contributed by atoms with Crippen molar-refractivity contribution in [2.75, 3.05) is 26.8 Å². The number of likely N-dealkylation sites (tertiary alicyclic amines) is 1. The number of carboxylic acid groups (broad SMARTS) is 1. The number of alkyl carbamates (subject to hydrolysis) is 1. The molecule has 1 atom stereocenters. The predicted molar refractivity (Wildman–Crippen MR) is 141 cm³/mol. The van der Waals surface area contributed by atoms with Gasteiger partial charge in [0.15, 0.2) is 0 Å². The lowest BCUT2D eigenvalue weighted by Crippen LogP contribution is -2.43. The Kier molecular flexibility index (Phi) is 7.42. The number of carbonyl (C=O) groups is 2. The zero-order chi connectivity index (χ0) is 25.8. The van der Waals surface area contributed by atoms with Crippen LogP contribution in [0.5, 0.6) is 5.75 Å². The smallest absolute Gasteiger partial charge is 0.407 e. The van der Waals surface area contributed by atoms with Gasteiger partial charge in [-0.3, -0.25) is 4.90 Å². The van der Waals surface area contributed by atoms with Crippen molar-refractivity contribution in [3.8, 4) is 16.9 Å². The molecule has 1 aliphatic heterocycles. The predicted octanol–water partition coefficient (Wildman–Crippen LogP) is 4.83. The molecule has 0 saturated carbocycles. The Morgan fingerprint density at radius 1 is 1.00 bits per heavy atom. The quantitative estimate of drug-likeness (QED) is 0.438. The van der Waals surface area contributed by atoms with E-state index in [4.69, 9.17) is 9.47 Å². The molecule has 7 nitrogen and oxygen atoms in total.